The molecule has 1 heterocycles. The van der Waals surface area contributed by atoms with Gasteiger partial charge in [-0.2, -0.15) is 0 Å². The molecule has 0 aliphatic carbocycles. The zero-order valence-corrected chi connectivity index (χ0v) is 16.3. The maximum Gasteiger partial charge on any atom is 0.326 e. The topological polar surface area (TPSA) is 113 Å². The highest BCUT2D eigenvalue weighted by atomic mass is 16.4. The number of hydrogen-bond acceptors (Lipinski definition) is 5. The van der Waals surface area contributed by atoms with E-state index in [1.54, 1.807) is 6.20 Å². The van der Waals surface area contributed by atoms with E-state index in [0.29, 0.717) is 11.7 Å². The van der Waals surface area contributed by atoms with Crippen molar-refractivity contribution in [2.45, 2.75) is 39.7 Å². The normalized spacial score (nSPS) is 11.7. The Kier molecular flexibility index (Phi) is 7.31. The molecular weight excluding hydrogens is 362 g/mol. The van der Waals surface area contributed by atoms with Crippen molar-refractivity contribution in [3.8, 4) is 11.3 Å². The van der Waals surface area contributed by atoms with E-state index in [2.05, 4.69) is 10.3 Å². The van der Waals surface area contributed by atoms with Gasteiger partial charge in [0, 0.05) is 38.4 Å². The number of carboxylic acids is 1. The molecule has 2 rings (SSSR count). The van der Waals surface area contributed by atoms with Gasteiger partial charge in [0.25, 0.3) is 0 Å². The largest absolute Gasteiger partial charge is 0.480 e. The minimum atomic E-state index is -1.10. The monoisotopic (exact) mass is 387 g/mol. The number of carbonyl (C=O) groups excluding carboxylic acids is 2. The predicted molar refractivity (Wildman–Crippen MR) is 102 cm³/mol. The van der Waals surface area contributed by atoms with E-state index in [0.717, 1.165) is 11.1 Å². The van der Waals surface area contributed by atoms with Gasteiger partial charge >= 0.3 is 5.97 Å². The van der Waals surface area contributed by atoms with Crippen molar-refractivity contribution in [1.82, 2.24) is 15.2 Å². The maximum atomic E-state index is 12.5. The fraction of sp³-hybridized carbons (Fsp3) is 0.400. The smallest absolute Gasteiger partial charge is 0.326 e. The zero-order valence-electron chi connectivity index (χ0n) is 16.3. The van der Waals surface area contributed by atoms with Crippen molar-refractivity contribution in [3.05, 3.63) is 41.9 Å². The number of nitrogens with one attached hydrogen (secondary N) is 1. The molecule has 1 atom stereocenters. The highest BCUT2D eigenvalue weighted by Gasteiger charge is 2.25. The number of rotatable bonds is 9. The van der Waals surface area contributed by atoms with Gasteiger partial charge in [-0.25, -0.2) is 9.78 Å². The van der Waals surface area contributed by atoms with Gasteiger partial charge in [-0.1, -0.05) is 29.8 Å². The number of nitrogens with zero attached hydrogens (tertiary/aromatic N) is 2. The van der Waals surface area contributed by atoms with Gasteiger partial charge in [-0.15, -0.1) is 0 Å². The van der Waals surface area contributed by atoms with Crippen LogP contribution in [0.3, 0.4) is 0 Å². The van der Waals surface area contributed by atoms with Crippen LogP contribution in [-0.2, 0) is 20.8 Å². The average Bonchev–Trinajstić information content (AvgIpc) is 3.12. The molecule has 2 N–H and O–H groups in total. The molecule has 1 aromatic carbocycles. The Labute approximate surface area is 163 Å². The molecule has 28 heavy (non-hydrogen) atoms. The number of oxazole rings is 1. The van der Waals surface area contributed by atoms with Crippen LogP contribution >= 0.6 is 0 Å². The van der Waals surface area contributed by atoms with Crippen LogP contribution in [-0.4, -0.2) is 51.9 Å². The second-order valence-electron chi connectivity index (χ2n) is 6.57. The maximum absolute atomic E-state index is 12.5. The van der Waals surface area contributed by atoms with Gasteiger partial charge in [0.05, 0.1) is 6.20 Å². The highest BCUT2D eigenvalue weighted by molar-refractivity contribution is 5.83. The molecule has 8 nitrogen and oxygen atoms in total. The van der Waals surface area contributed by atoms with Gasteiger partial charge in [-0.05, 0) is 13.8 Å². The Morgan fingerprint density at radius 2 is 1.93 bits per heavy atom. The summed E-state index contributed by atoms with van der Waals surface area (Å²) in [5.74, 6) is -0.652. The van der Waals surface area contributed by atoms with Crippen LogP contribution in [0.2, 0.25) is 0 Å². The third kappa shape index (κ3) is 5.94. The first-order valence-electron chi connectivity index (χ1n) is 9.06. The third-order valence-corrected chi connectivity index (χ3v) is 4.31. The second-order valence-corrected chi connectivity index (χ2v) is 6.57. The lowest BCUT2D eigenvalue weighted by molar-refractivity contribution is -0.149. The molecule has 8 heteroatoms. The minimum absolute atomic E-state index is 0.0611. The molecule has 1 unspecified atom stereocenters. The first kappa shape index (κ1) is 21.1. The lowest BCUT2D eigenvalue weighted by atomic mass is 10.1. The molecule has 0 saturated carbocycles. The van der Waals surface area contributed by atoms with E-state index in [4.69, 9.17) is 4.42 Å². The van der Waals surface area contributed by atoms with E-state index in [-0.39, 0.29) is 37.7 Å². The Balaban J connectivity index is 1.98. The van der Waals surface area contributed by atoms with Crippen LogP contribution in [0.1, 0.15) is 31.7 Å². The lowest BCUT2D eigenvalue weighted by Crippen LogP contribution is -2.46. The molecule has 0 saturated heterocycles. The summed E-state index contributed by atoms with van der Waals surface area (Å²) in [4.78, 5) is 40.3. The molecule has 0 spiro atoms. The lowest BCUT2D eigenvalue weighted by Gasteiger charge is -2.26. The molecule has 150 valence electrons. The summed E-state index contributed by atoms with van der Waals surface area (Å²) in [7, 11) is 0. The van der Waals surface area contributed by atoms with Crippen molar-refractivity contribution in [3.63, 3.8) is 0 Å². The molecule has 1 aromatic heterocycles. The molecule has 0 fully saturated rings. The van der Waals surface area contributed by atoms with E-state index in [1.807, 2.05) is 31.2 Å². The second kappa shape index (κ2) is 9.68. The van der Waals surface area contributed by atoms with Crippen molar-refractivity contribution in [2.24, 2.45) is 0 Å². The molecule has 0 bridgehead atoms. The van der Waals surface area contributed by atoms with Crippen LogP contribution in [0.15, 0.2) is 34.9 Å². The molecule has 2 aromatic rings. The van der Waals surface area contributed by atoms with Gasteiger partial charge in [-0.3, -0.25) is 9.59 Å². The van der Waals surface area contributed by atoms with Crippen molar-refractivity contribution in [1.29, 1.82) is 0 Å². The zero-order chi connectivity index (χ0) is 20.7. The third-order valence-electron chi connectivity index (χ3n) is 4.31. The van der Waals surface area contributed by atoms with Gasteiger partial charge in [0.2, 0.25) is 11.8 Å². The number of carboxylic acid groups (broad SMARTS) is 1. The summed E-state index contributed by atoms with van der Waals surface area (Å²) in [6, 6.07) is 6.82. The quantitative estimate of drug-likeness (QED) is 0.681. The average molecular weight is 387 g/mol. The molecule has 0 aliphatic rings. The van der Waals surface area contributed by atoms with Crippen LogP contribution in [0.25, 0.3) is 11.3 Å². The van der Waals surface area contributed by atoms with Gasteiger partial charge < -0.3 is 19.7 Å². The SMILES string of the molecule is CC(=O)NCCN(C(=O)CCc1ncc(-c2ccc(C)cc2)o1)C(C)C(=O)O. The van der Waals surface area contributed by atoms with Crippen molar-refractivity contribution >= 4 is 17.8 Å². The van der Waals surface area contributed by atoms with Crippen molar-refractivity contribution < 1.29 is 23.9 Å². The van der Waals surface area contributed by atoms with Gasteiger partial charge in [0.1, 0.15) is 6.04 Å². The minimum Gasteiger partial charge on any atom is -0.480 e. The van der Waals surface area contributed by atoms with Crippen LogP contribution in [0.4, 0.5) is 0 Å². The number of aliphatic carboxylic acids is 1. The number of aryl methyl sites for hydroxylation is 2. The number of amides is 2. The van der Waals surface area contributed by atoms with Crippen LogP contribution < -0.4 is 5.32 Å². The number of hydrogen-bond donors (Lipinski definition) is 2. The fourth-order valence-corrected chi connectivity index (χ4v) is 2.65. The molecule has 2 amide bonds. The Morgan fingerprint density at radius 3 is 2.54 bits per heavy atom. The van der Waals surface area contributed by atoms with E-state index < -0.39 is 12.0 Å². The highest BCUT2D eigenvalue weighted by Crippen LogP contribution is 2.21. The Bertz CT molecular complexity index is 829. The number of carbonyl (C=O) groups is 3. The molecule has 0 aliphatic heterocycles. The predicted octanol–water partition coefficient (Wildman–Crippen LogP) is 2.02. The summed E-state index contributed by atoms with van der Waals surface area (Å²) in [6.07, 6.45) is 1.93. The summed E-state index contributed by atoms with van der Waals surface area (Å²) in [5.41, 5.74) is 2.04. The summed E-state index contributed by atoms with van der Waals surface area (Å²) in [6.45, 7) is 5.11. The standard InChI is InChI=1S/C20H25N3O5/c1-13-4-6-16(7-5-13)17-12-22-18(28-17)8-9-19(25)23(14(2)20(26)27)11-10-21-15(3)24/h4-7,12,14H,8-11H2,1-3H3,(H,21,24)(H,26,27). The summed E-state index contributed by atoms with van der Waals surface area (Å²) >= 11 is 0. The number of benzene rings is 1. The molecular formula is C20H25N3O5. The summed E-state index contributed by atoms with van der Waals surface area (Å²) in [5, 5.41) is 11.8. The first-order chi connectivity index (χ1) is 13.3. The van der Waals surface area contributed by atoms with Gasteiger partial charge in [0.15, 0.2) is 11.7 Å². The van der Waals surface area contributed by atoms with E-state index >= 15 is 0 Å². The Morgan fingerprint density at radius 1 is 1.25 bits per heavy atom. The fourth-order valence-electron chi connectivity index (χ4n) is 2.65. The van der Waals surface area contributed by atoms with Crippen LogP contribution in [0, 0.1) is 6.92 Å². The van der Waals surface area contributed by atoms with E-state index in [1.165, 1.54) is 18.7 Å². The number of aromatic nitrogens is 1. The Hall–Kier alpha value is -3.16. The van der Waals surface area contributed by atoms with Crippen molar-refractivity contribution in [2.75, 3.05) is 13.1 Å². The van der Waals surface area contributed by atoms with E-state index in [9.17, 15) is 19.5 Å². The first-order valence-corrected chi connectivity index (χ1v) is 9.06. The van der Waals surface area contributed by atoms with Crippen LogP contribution in [0.5, 0.6) is 0 Å². The summed E-state index contributed by atoms with van der Waals surface area (Å²) < 4.78 is 5.71. The molecule has 0 radical (unpaired) electrons.